The fourth-order valence-corrected chi connectivity index (χ4v) is 11.8. The average Bonchev–Trinajstić information content (AvgIpc) is 4.29. The molecule has 77 heavy (non-hydrogen) atoms. The van der Waals surface area contributed by atoms with Crippen LogP contribution in [0.3, 0.4) is 0 Å². The van der Waals surface area contributed by atoms with Gasteiger partial charge < -0.3 is 13.9 Å². The van der Waals surface area contributed by atoms with E-state index < -0.39 is 0 Å². The van der Waals surface area contributed by atoms with Gasteiger partial charge in [0.1, 0.15) is 17.3 Å². The molecule has 5 heterocycles. The predicted molar refractivity (Wildman–Crippen MR) is 315 cm³/mol. The summed E-state index contributed by atoms with van der Waals surface area (Å²) in [6.45, 7) is 6.74. The molecule has 0 bridgehead atoms. The van der Waals surface area contributed by atoms with E-state index in [1.54, 1.807) is 0 Å². The molecule has 0 aliphatic carbocycles. The third-order valence-corrected chi connectivity index (χ3v) is 15.4. The minimum absolute atomic E-state index is 0.0668. The van der Waals surface area contributed by atoms with Crippen LogP contribution in [0.25, 0.3) is 116 Å². The molecule has 0 radical (unpaired) electrons. The highest BCUT2D eigenvalue weighted by atomic mass is 16.5. The smallest absolute Gasteiger partial charge is 0.269 e. The largest absolute Gasteiger partial charge is 0.458 e. The summed E-state index contributed by atoms with van der Waals surface area (Å²) in [5, 5.41) is 7.16. The molecule has 0 N–H and O–H groups in total. The standard InChI is InChI=1S/C70H50N6O/c1-70(2,3)48-38-39-71-69(42-48)76-63-37-33-47(46-32-36-62-57(40-46)55-24-9-10-25-59(55)74(62)49-18-5-4-6-19-49)41-58(63)56-35-34-52(44-68(56)76)77-51-21-17-20-50(43-51)72-45-73(65-29-14-13-28-64(65)72)66-30-15-16-31-67(66)75-60-26-11-7-22-53(60)54-23-8-12-27-61(54)75/h4-44H,1-3H3. The summed E-state index contributed by atoms with van der Waals surface area (Å²) in [5.41, 5.74) is 16.5. The first kappa shape index (κ1) is 44.5. The van der Waals surface area contributed by atoms with Crippen LogP contribution in [0.1, 0.15) is 26.3 Å². The van der Waals surface area contributed by atoms with E-state index in [1.807, 2.05) is 12.3 Å². The molecule has 0 saturated carbocycles. The highest BCUT2D eigenvalue weighted by Crippen LogP contribution is 2.41. The number of rotatable bonds is 8. The minimum Gasteiger partial charge on any atom is -0.458 e. The van der Waals surface area contributed by atoms with Crippen molar-refractivity contribution in [2.75, 3.05) is 0 Å². The molecule has 0 atom stereocenters. The van der Waals surface area contributed by atoms with Gasteiger partial charge in [-0.25, -0.2) is 4.98 Å². The normalized spacial score (nSPS) is 12.1. The summed E-state index contributed by atoms with van der Waals surface area (Å²) in [6.07, 6.45) is 5.72. The molecule has 0 unspecified atom stereocenters. The summed E-state index contributed by atoms with van der Waals surface area (Å²) < 4.78 is 18.3. The van der Waals surface area contributed by atoms with Gasteiger partial charge in [0.15, 0.2) is 0 Å². The summed E-state index contributed by atoms with van der Waals surface area (Å²) in [5.74, 6) is 2.30. The number of imidazole rings is 1. The number of para-hydroxylation sites is 8. The number of aromatic nitrogens is 6. The van der Waals surface area contributed by atoms with Gasteiger partial charge in [0.25, 0.3) is 6.33 Å². The zero-order valence-corrected chi connectivity index (χ0v) is 42.8. The Morgan fingerprint density at radius 3 is 1.68 bits per heavy atom. The molecule has 0 spiro atoms. The molecule has 10 aromatic carbocycles. The van der Waals surface area contributed by atoms with Crippen LogP contribution in [0.15, 0.2) is 249 Å². The van der Waals surface area contributed by atoms with E-state index in [-0.39, 0.29) is 5.41 Å². The number of fused-ring (bicyclic) bond motifs is 10. The van der Waals surface area contributed by atoms with Gasteiger partial charge in [-0.1, -0.05) is 148 Å². The molecule has 7 heteroatoms. The molecule has 0 aliphatic rings. The van der Waals surface area contributed by atoms with Crippen molar-refractivity contribution in [1.29, 1.82) is 0 Å². The van der Waals surface area contributed by atoms with Crippen LogP contribution in [0.5, 0.6) is 11.5 Å². The molecule has 366 valence electrons. The van der Waals surface area contributed by atoms with Crippen molar-refractivity contribution in [3.63, 3.8) is 0 Å². The van der Waals surface area contributed by atoms with E-state index >= 15 is 0 Å². The van der Waals surface area contributed by atoms with E-state index in [2.05, 4.69) is 287 Å². The SMILES string of the molecule is CC(C)(C)c1ccnc(-n2c3ccc(-c4ccc5c(c4)c4ccccc4n5-c4ccccc4)cc3c3ccc(Oc4cccc(-n5[c-][n+](-c6ccccc6-n6c7ccccc7c7ccccc76)c6ccccc65)c4)cc32)c1. The van der Waals surface area contributed by atoms with Gasteiger partial charge in [0, 0.05) is 50.3 Å². The molecule has 15 aromatic rings. The lowest BCUT2D eigenvalue weighted by Crippen LogP contribution is -2.31. The molecule has 0 saturated heterocycles. The number of hydrogen-bond donors (Lipinski definition) is 0. The Labute approximate surface area is 445 Å². The number of benzene rings is 10. The Kier molecular flexibility index (Phi) is 10.00. The maximum Gasteiger partial charge on any atom is 0.269 e. The Hall–Kier alpha value is -9.98. The second-order valence-electron chi connectivity index (χ2n) is 21.0. The van der Waals surface area contributed by atoms with Gasteiger partial charge in [-0.05, 0) is 131 Å². The maximum atomic E-state index is 6.90. The quantitative estimate of drug-likeness (QED) is 0.112. The van der Waals surface area contributed by atoms with E-state index in [9.17, 15) is 0 Å². The van der Waals surface area contributed by atoms with Crippen LogP contribution < -0.4 is 9.30 Å². The molecule has 5 aromatic heterocycles. The van der Waals surface area contributed by atoms with Crippen molar-refractivity contribution in [2.24, 2.45) is 0 Å². The van der Waals surface area contributed by atoms with E-state index in [0.29, 0.717) is 5.75 Å². The zero-order valence-electron chi connectivity index (χ0n) is 42.8. The predicted octanol–water partition coefficient (Wildman–Crippen LogP) is 17.2. The van der Waals surface area contributed by atoms with Gasteiger partial charge in [0.2, 0.25) is 0 Å². The average molecular weight is 991 g/mol. The van der Waals surface area contributed by atoms with Crippen LogP contribution in [0.4, 0.5) is 0 Å². The van der Waals surface area contributed by atoms with Crippen molar-refractivity contribution >= 4 is 76.5 Å². The Morgan fingerprint density at radius 1 is 0.403 bits per heavy atom. The van der Waals surface area contributed by atoms with Crippen molar-refractivity contribution in [1.82, 2.24) is 23.3 Å². The monoisotopic (exact) mass is 990 g/mol. The second-order valence-corrected chi connectivity index (χ2v) is 21.0. The van der Waals surface area contributed by atoms with Gasteiger partial charge in [-0.3, -0.25) is 13.7 Å². The number of pyridine rings is 1. The fourth-order valence-electron chi connectivity index (χ4n) is 11.8. The van der Waals surface area contributed by atoms with Gasteiger partial charge in [-0.15, -0.1) is 0 Å². The maximum absolute atomic E-state index is 6.90. The first-order chi connectivity index (χ1) is 37.8. The van der Waals surface area contributed by atoms with Crippen LogP contribution in [-0.2, 0) is 5.41 Å². The molecule has 7 nitrogen and oxygen atoms in total. The lowest BCUT2D eigenvalue weighted by Gasteiger charge is -2.20. The second kappa shape index (κ2) is 17.3. The summed E-state index contributed by atoms with van der Waals surface area (Å²) in [6, 6.07) is 86.6. The lowest BCUT2D eigenvalue weighted by molar-refractivity contribution is -0.572. The van der Waals surface area contributed by atoms with Gasteiger partial charge >= 0.3 is 0 Å². The van der Waals surface area contributed by atoms with Crippen LogP contribution >= 0.6 is 0 Å². The third-order valence-electron chi connectivity index (χ3n) is 15.4. The number of ether oxygens (including phenoxy) is 1. The van der Waals surface area contributed by atoms with Crippen molar-refractivity contribution in [3.05, 3.63) is 261 Å². The van der Waals surface area contributed by atoms with Crippen LogP contribution in [-0.4, -0.2) is 23.3 Å². The van der Waals surface area contributed by atoms with E-state index in [0.717, 1.165) is 89.3 Å². The van der Waals surface area contributed by atoms with Crippen molar-refractivity contribution in [2.45, 2.75) is 26.2 Å². The molecule has 0 aliphatic heterocycles. The molecule has 15 rings (SSSR count). The van der Waals surface area contributed by atoms with E-state index in [4.69, 9.17) is 9.72 Å². The number of hydrogen-bond acceptors (Lipinski definition) is 2. The topological polar surface area (TPSA) is 45.7 Å². The van der Waals surface area contributed by atoms with Gasteiger partial charge in [0.05, 0.1) is 61.2 Å². The van der Waals surface area contributed by atoms with Crippen molar-refractivity contribution < 1.29 is 9.30 Å². The molecular formula is C70H50N6O. The highest BCUT2D eigenvalue weighted by Gasteiger charge is 2.22. The molecule has 0 amide bonds. The lowest BCUT2D eigenvalue weighted by atomic mass is 9.88. The Morgan fingerprint density at radius 2 is 0.961 bits per heavy atom. The summed E-state index contributed by atoms with van der Waals surface area (Å²) in [7, 11) is 0. The summed E-state index contributed by atoms with van der Waals surface area (Å²) >= 11 is 0. The van der Waals surface area contributed by atoms with Crippen LogP contribution in [0.2, 0.25) is 0 Å². The first-order valence-corrected chi connectivity index (χ1v) is 26.3. The van der Waals surface area contributed by atoms with E-state index in [1.165, 1.54) is 38.1 Å². The van der Waals surface area contributed by atoms with Crippen molar-refractivity contribution in [3.8, 4) is 51.2 Å². The van der Waals surface area contributed by atoms with Gasteiger partial charge in [-0.2, -0.15) is 0 Å². The molecule has 0 fully saturated rings. The first-order valence-electron chi connectivity index (χ1n) is 26.3. The third kappa shape index (κ3) is 7.19. The number of nitrogens with zero attached hydrogens (tertiary/aromatic N) is 6. The molecular weight excluding hydrogens is 941 g/mol. The van der Waals surface area contributed by atoms with Crippen LogP contribution in [0, 0.1) is 6.33 Å². The summed E-state index contributed by atoms with van der Waals surface area (Å²) in [4.78, 5) is 5.03. The Balaban J connectivity index is 0.831. The highest BCUT2D eigenvalue weighted by molar-refractivity contribution is 6.13. The Bertz CT molecular complexity index is 4780. The fraction of sp³-hybridized carbons (Fsp3) is 0.0571. The zero-order chi connectivity index (χ0) is 51.4. The minimum atomic E-state index is -0.0668.